The van der Waals surface area contributed by atoms with Gasteiger partial charge in [0.2, 0.25) is 0 Å². The van der Waals surface area contributed by atoms with Crippen LogP contribution in [0.25, 0.3) is 0 Å². The number of hydrogen-bond acceptors (Lipinski definition) is 2. The van der Waals surface area contributed by atoms with E-state index in [9.17, 15) is 4.79 Å². The Morgan fingerprint density at radius 1 is 1.29 bits per heavy atom. The molecule has 72 valence electrons. The Morgan fingerprint density at radius 3 is 2.43 bits per heavy atom. The normalized spacial score (nSPS) is 21.3. The molecule has 0 N–H and O–H groups in total. The first-order chi connectivity index (χ1) is 6.70. The number of carbonyl (C=O) groups is 1. The summed E-state index contributed by atoms with van der Waals surface area (Å²) in [5.41, 5.74) is 1.89. The molecule has 3 heteroatoms. The van der Waals surface area contributed by atoms with Gasteiger partial charge in [0.15, 0.2) is 0 Å². The van der Waals surface area contributed by atoms with Crippen molar-refractivity contribution in [3.05, 3.63) is 35.9 Å². The Hall–Kier alpha value is -1.64. The zero-order chi connectivity index (χ0) is 10.1. The van der Waals surface area contributed by atoms with Crippen LogP contribution in [0.1, 0.15) is 12.5 Å². The van der Waals surface area contributed by atoms with Gasteiger partial charge in [-0.1, -0.05) is 30.3 Å². The highest BCUT2D eigenvalue weighted by atomic mass is 16.2. The van der Waals surface area contributed by atoms with Gasteiger partial charge in [-0.05, 0) is 12.5 Å². The van der Waals surface area contributed by atoms with E-state index < -0.39 is 0 Å². The van der Waals surface area contributed by atoms with E-state index in [0.29, 0.717) is 0 Å². The topological polar surface area (TPSA) is 32.7 Å². The number of carbonyl (C=O) groups excluding carboxylic acids is 1. The van der Waals surface area contributed by atoms with Crippen molar-refractivity contribution >= 4 is 11.6 Å². The molecule has 1 amide bonds. The minimum atomic E-state index is -0.123. The molecule has 1 atom stereocenters. The summed E-state index contributed by atoms with van der Waals surface area (Å²) < 4.78 is 0. The maximum atomic E-state index is 11.5. The predicted octanol–water partition coefficient (Wildman–Crippen LogP) is 1.50. The molecule has 1 aliphatic rings. The fourth-order valence-corrected chi connectivity index (χ4v) is 1.61. The van der Waals surface area contributed by atoms with Gasteiger partial charge in [0, 0.05) is 7.05 Å². The number of hydrazone groups is 1. The molecule has 0 radical (unpaired) electrons. The van der Waals surface area contributed by atoms with Gasteiger partial charge in [-0.15, -0.1) is 0 Å². The Labute approximate surface area is 83.0 Å². The van der Waals surface area contributed by atoms with Crippen LogP contribution in [0.4, 0.5) is 0 Å². The van der Waals surface area contributed by atoms with E-state index in [1.54, 1.807) is 7.05 Å². The second kappa shape index (κ2) is 3.25. The van der Waals surface area contributed by atoms with Gasteiger partial charge >= 0.3 is 0 Å². The number of nitrogens with zero attached hydrogens (tertiary/aromatic N) is 2. The van der Waals surface area contributed by atoms with Gasteiger partial charge < -0.3 is 0 Å². The fraction of sp³-hybridized carbons (Fsp3) is 0.273. The van der Waals surface area contributed by atoms with Crippen molar-refractivity contribution in [3.8, 4) is 0 Å². The summed E-state index contributed by atoms with van der Waals surface area (Å²) >= 11 is 0. The Morgan fingerprint density at radius 2 is 1.93 bits per heavy atom. The number of amides is 1. The fourth-order valence-electron chi connectivity index (χ4n) is 1.61. The summed E-state index contributed by atoms with van der Waals surface area (Å²) in [5.74, 6) is -0.0637. The smallest absolute Gasteiger partial charge is 0.251 e. The van der Waals surface area contributed by atoms with Crippen LogP contribution in [0, 0.1) is 5.92 Å². The summed E-state index contributed by atoms with van der Waals surface area (Å²) in [6, 6.07) is 9.81. The van der Waals surface area contributed by atoms with Crippen LogP contribution in [0.15, 0.2) is 35.4 Å². The van der Waals surface area contributed by atoms with Crippen molar-refractivity contribution in [2.75, 3.05) is 7.05 Å². The monoisotopic (exact) mass is 188 g/mol. The number of rotatable bonds is 1. The Kier molecular flexibility index (Phi) is 2.08. The largest absolute Gasteiger partial charge is 0.272 e. The average molecular weight is 188 g/mol. The van der Waals surface area contributed by atoms with Crippen LogP contribution in [0.3, 0.4) is 0 Å². The number of benzene rings is 1. The molecule has 1 heterocycles. The maximum absolute atomic E-state index is 11.5. The van der Waals surface area contributed by atoms with Gasteiger partial charge in [0.1, 0.15) is 0 Å². The Balaban J connectivity index is 2.38. The van der Waals surface area contributed by atoms with Crippen molar-refractivity contribution in [1.82, 2.24) is 5.01 Å². The molecule has 14 heavy (non-hydrogen) atoms. The lowest BCUT2D eigenvalue weighted by molar-refractivity contribution is -0.130. The van der Waals surface area contributed by atoms with Crippen LogP contribution in [-0.2, 0) is 4.79 Å². The lowest BCUT2D eigenvalue weighted by Crippen LogP contribution is -2.22. The van der Waals surface area contributed by atoms with E-state index in [4.69, 9.17) is 0 Å². The SMILES string of the molecule is CC1C(=O)N(C)N=C1c1ccccc1. The summed E-state index contributed by atoms with van der Waals surface area (Å²) in [6.07, 6.45) is 0. The lowest BCUT2D eigenvalue weighted by Gasteiger charge is -2.04. The van der Waals surface area contributed by atoms with Crippen molar-refractivity contribution in [1.29, 1.82) is 0 Å². The second-order valence-electron chi connectivity index (χ2n) is 3.43. The minimum absolute atomic E-state index is 0.0591. The Bertz CT molecular complexity index is 384. The van der Waals surface area contributed by atoms with E-state index in [2.05, 4.69) is 5.10 Å². The molecule has 1 unspecified atom stereocenters. The summed E-state index contributed by atoms with van der Waals surface area (Å²) in [5, 5.41) is 5.63. The third kappa shape index (κ3) is 1.31. The van der Waals surface area contributed by atoms with E-state index >= 15 is 0 Å². The molecule has 0 fully saturated rings. The molecule has 1 aromatic carbocycles. The maximum Gasteiger partial charge on any atom is 0.251 e. The van der Waals surface area contributed by atoms with Gasteiger partial charge in [-0.3, -0.25) is 4.79 Å². The molecular weight excluding hydrogens is 176 g/mol. The molecule has 1 aromatic rings. The minimum Gasteiger partial charge on any atom is -0.272 e. The summed E-state index contributed by atoms with van der Waals surface area (Å²) in [6.45, 7) is 1.89. The quantitative estimate of drug-likeness (QED) is 0.657. The van der Waals surface area contributed by atoms with E-state index in [1.165, 1.54) is 5.01 Å². The van der Waals surface area contributed by atoms with Crippen molar-refractivity contribution < 1.29 is 4.79 Å². The third-order valence-electron chi connectivity index (χ3n) is 2.43. The first kappa shape index (κ1) is 8.94. The van der Waals surface area contributed by atoms with Crippen molar-refractivity contribution in [2.24, 2.45) is 11.0 Å². The van der Waals surface area contributed by atoms with Crippen LogP contribution in [0.5, 0.6) is 0 Å². The molecule has 0 spiro atoms. The second-order valence-corrected chi connectivity index (χ2v) is 3.43. The van der Waals surface area contributed by atoms with Crippen LogP contribution in [-0.4, -0.2) is 23.7 Å². The first-order valence-corrected chi connectivity index (χ1v) is 4.61. The van der Waals surface area contributed by atoms with E-state index in [1.807, 2.05) is 37.3 Å². The standard InChI is InChI=1S/C11H12N2O/c1-8-10(12-13(2)11(8)14)9-6-4-3-5-7-9/h3-8H,1-2H3. The lowest BCUT2D eigenvalue weighted by atomic mass is 9.99. The molecular formula is C11H12N2O. The van der Waals surface area contributed by atoms with Gasteiger partial charge in [-0.2, -0.15) is 5.10 Å². The highest BCUT2D eigenvalue weighted by molar-refractivity contribution is 6.15. The predicted molar refractivity (Wildman–Crippen MR) is 54.9 cm³/mol. The molecule has 0 bridgehead atoms. The molecule has 0 saturated heterocycles. The number of hydrogen-bond donors (Lipinski definition) is 0. The van der Waals surface area contributed by atoms with Crippen molar-refractivity contribution in [3.63, 3.8) is 0 Å². The highest BCUT2D eigenvalue weighted by Crippen LogP contribution is 2.18. The van der Waals surface area contributed by atoms with Crippen molar-refractivity contribution in [2.45, 2.75) is 6.92 Å². The van der Waals surface area contributed by atoms with Gasteiger partial charge in [-0.25, -0.2) is 5.01 Å². The first-order valence-electron chi connectivity index (χ1n) is 4.61. The van der Waals surface area contributed by atoms with Crippen LogP contribution >= 0.6 is 0 Å². The van der Waals surface area contributed by atoms with Gasteiger partial charge in [0.05, 0.1) is 11.6 Å². The van der Waals surface area contributed by atoms with E-state index in [0.717, 1.165) is 11.3 Å². The molecule has 2 rings (SSSR count). The summed E-state index contributed by atoms with van der Waals surface area (Å²) in [4.78, 5) is 11.5. The molecule has 0 aliphatic carbocycles. The van der Waals surface area contributed by atoms with Gasteiger partial charge in [0.25, 0.3) is 5.91 Å². The van der Waals surface area contributed by atoms with Crippen LogP contribution in [0.2, 0.25) is 0 Å². The molecule has 1 aliphatic heterocycles. The zero-order valence-corrected chi connectivity index (χ0v) is 8.27. The van der Waals surface area contributed by atoms with Crippen LogP contribution < -0.4 is 0 Å². The molecule has 0 aromatic heterocycles. The average Bonchev–Trinajstić information content (AvgIpc) is 2.47. The third-order valence-corrected chi connectivity index (χ3v) is 2.43. The summed E-state index contributed by atoms with van der Waals surface area (Å²) in [7, 11) is 1.69. The molecule has 0 saturated carbocycles. The molecule has 3 nitrogen and oxygen atoms in total. The zero-order valence-electron chi connectivity index (χ0n) is 8.27. The van der Waals surface area contributed by atoms with E-state index in [-0.39, 0.29) is 11.8 Å². The highest BCUT2D eigenvalue weighted by Gasteiger charge is 2.30.